The minimum Gasteiger partial charge on any atom is -0.110 e. The molecule has 0 spiro atoms. The Hall–Kier alpha value is -2.08. The molecule has 32 radical (unpaired) electrons. The van der Waals surface area contributed by atoms with Crippen LogP contribution in [0, 0.1) is 0 Å². The number of fused-ring (bicyclic) bond motifs is 3. The van der Waals surface area contributed by atoms with E-state index in [1.807, 2.05) is 0 Å². The Morgan fingerprint density at radius 3 is 0.650 bits per heavy atom. The van der Waals surface area contributed by atoms with Gasteiger partial charge in [-0.05, 0) is 43.4 Å². The number of rotatable bonds is 1. The van der Waals surface area contributed by atoms with Crippen LogP contribution in [-0.4, -0.2) is 126 Å². The van der Waals surface area contributed by atoms with Crippen LogP contribution in [0.15, 0.2) is 0 Å². The molecule has 0 heterocycles. The molecule has 0 fully saturated rings. The monoisotopic (exact) mass is 464 g/mol. The molecule has 0 aliphatic carbocycles. The molecule has 16 heteroatoms. The molecule has 0 bridgehead atoms. The molecule has 0 atom stereocenters. The van der Waals surface area contributed by atoms with Gasteiger partial charge in [0.15, 0.2) is 0 Å². The SMILES string of the molecule is [B]c1c([B])c([B])c2c(-c3c4c([B])c([B])c([B])c([B])c4c([B])c4c([B])c([B])c([B])c([B])c34)c([B])c([B])c([B])c2c1[B]. The Morgan fingerprint density at radius 1 is 0.150 bits per heavy atom. The van der Waals surface area contributed by atoms with E-state index in [9.17, 15) is 0 Å². The molecule has 144 valence electrons. The summed E-state index contributed by atoms with van der Waals surface area (Å²) in [5, 5.41) is 1.18. The van der Waals surface area contributed by atoms with Crippen LogP contribution in [0.5, 0.6) is 0 Å². The van der Waals surface area contributed by atoms with Crippen LogP contribution in [0.4, 0.5) is 0 Å². The third-order valence-electron chi connectivity index (χ3n) is 7.64. The summed E-state index contributed by atoms with van der Waals surface area (Å²) in [5.41, 5.74) is 0.318. The summed E-state index contributed by atoms with van der Waals surface area (Å²) in [6.45, 7) is 0. The Kier molecular flexibility index (Phi) is 7.16. The lowest BCUT2D eigenvalue weighted by Crippen LogP contribution is -2.53. The van der Waals surface area contributed by atoms with Crippen LogP contribution in [-0.2, 0) is 0 Å². The van der Waals surface area contributed by atoms with E-state index in [2.05, 4.69) is 0 Å². The molecule has 0 aliphatic heterocycles. The molecular formula is C24B16. The molecule has 5 aromatic carbocycles. The predicted octanol–water partition coefficient (Wildman–Crippen LogP) is -12.5. The fraction of sp³-hybridized carbons (Fsp3) is 0. The lowest BCUT2D eigenvalue weighted by atomic mass is 9.56. The quantitative estimate of drug-likeness (QED) is 0.172. The van der Waals surface area contributed by atoms with Gasteiger partial charge in [-0.15, -0.1) is 38.2 Å². The fourth-order valence-electron chi connectivity index (χ4n) is 5.41. The van der Waals surface area contributed by atoms with Gasteiger partial charge in [0.2, 0.25) is 0 Å². The van der Waals surface area contributed by atoms with Crippen LogP contribution in [0.25, 0.3) is 43.4 Å². The maximum Gasteiger partial charge on any atom is 0.115 e. The maximum absolute atomic E-state index is 6.66. The first-order valence-electron chi connectivity index (χ1n) is 11.6. The van der Waals surface area contributed by atoms with Crippen molar-refractivity contribution in [3.63, 3.8) is 0 Å². The smallest absolute Gasteiger partial charge is 0.110 e. The molecule has 0 aromatic heterocycles. The molecule has 0 amide bonds. The highest BCUT2D eigenvalue weighted by atomic mass is 14.2. The molecule has 0 unspecified atom stereocenters. The van der Waals surface area contributed by atoms with Gasteiger partial charge in [-0.1, -0.05) is 49.2 Å². The average molecular weight is 461 g/mol. The van der Waals surface area contributed by atoms with Crippen molar-refractivity contribution in [2.24, 2.45) is 0 Å². The number of hydrogen-bond donors (Lipinski definition) is 0. The second kappa shape index (κ2) is 9.74. The molecule has 0 saturated carbocycles. The first kappa shape index (κ1) is 29.4. The second-order valence-electron chi connectivity index (χ2n) is 9.62. The lowest BCUT2D eigenvalue weighted by Gasteiger charge is -2.31. The third kappa shape index (κ3) is 3.62. The van der Waals surface area contributed by atoms with E-state index < -0.39 is 0 Å². The van der Waals surface area contributed by atoms with Crippen molar-refractivity contribution in [2.75, 3.05) is 0 Å². The van der Waals surface area contributed by atoms with Crippen molar-refractivity contribution in [3.05, 3.63) is 0 Å². The van der Waals surface area contributed by atoms with Gasteiger partial charge < -0.3 is 0 Å². The molecular weight excluding hydrogens is 461 g/mol. The van der Waals surface area contributed by atoms with E-state index in [4.69, 9.17) is 126 Å². The van der Waals surface area contributed by atoms with E-state index in [1.165, 1.54) is 0 Å². The second-order valence-corrected chi connectivity index (χ2v) is 9.62. The van der Waals surface area contributed by atoms with Gasteiger partial charge in [0.05, 0.1) is 0 Å². The summed E-state index contributed by atoms with van der Waals surface area (Å²) in [5.74, 6) is 0. The van der Waals surface area contributed by atoms with Gasteiger partial charge >= 0.3 is 0 Å². The highest BCUT2D eigenvalue weighted by molar-refractivity contribution is 6.76. The van der Waals surface area contributed by atoms with Crippen LogP contribution in [0.3, 0.4) is 0 Å². The van der Waals surface area contributed by atoms with Crippen molar-refractivity contribution in [1.29, 1.82) is 0 Å². The molecule has 0 nitrogen and oxygen atoms in total. The maximum atomic E-state index is 6.66. The lowest BCUT2D eigenvalue weighted by molar-refractivity contribution is 1.91. The van der Waals surface area contributed by atoms with Crippen molar-refractivity contribution in [1.82, 2.24) is 0 Å². The molecule has 5 rings (SSSR count). The van der Waals surface area contributed by atoms with Gasteiger partial charge in [0, 0.05) is 0 Å². The fourth-order valence-corrected chi connectivity index (χ4v) is 5.41. The zero-order chi connectivity index (χ0) is 29.9. The summed E-state index contributed by atoms with van der Waals surface area (Å²) >= 11 is 0. The van der Waals surface area contributed by atoms with E-state index in [0.29, 0.717) is 0 Å². The third-order valence-corrected chi connectivity index (χ3v) is 7.64. The first-order chi connectivity index (χ1) is 18.6. The molecule has 0 aliphatic rings. The Morgan fingerprint density at radius 2 is 0.350 bits per heavy atom. The standard InChI is InChI=1S/C24B16/c25-9-6-3(11(27)19(35)22(38)14(6)30)1(4-7(9)15(31)23(39)20(36)12(4)28)2-5-8(16(32)18(34)10(2)26)17(33)24(40)21(37)13(5)29. The van der Waals surface area contributed by atoms with E-state index in [0.717, 1.165) is 0 Å². The largest absolute Gasteiger partial charge is 0.115 e. The summed E-state index contributed by atoms with van der Waals surface area (Å²) in [6.07, 6.45) is 0. The predicted molar refractivity (Wildman–Crippen MR) is 191 cm³/mol. The molecule has 0 N–H and O–H groups in total. The zero-order valence-electron chi connectivity index (χ0n) is 21.2. The van der Waals surface area contributed by atoms with Crippen molar-refractivity contribution < 1.29 is 0 Å². The summed E-state index contributed by atoms with van der Waals surface area (Å²) in [4.78, 5) is 0. The molecule has 0 saturated heterocycles. The summed E-state index contributed by atoms with van der Waals surface area (Å²) in [7, 11) is 103. The minimum atomic E-state index is -0.0409. The van der Waals surface area contributed by atoms with Crippen molar-refractivity contribution in [2.45, 2.75) is 0 Å². The van der Waals surface area contributed by atoms with E-state index >= 15 is 0 Å². The Labute approximate surface area is 255 Å². The normalized spacial score (nSPS) is 11.6. The van der Waals surface area contributed by atoms with E-state index in [1.54, 1.807) is 0 Å². The summed E-state index contributed by atoms with van der Waals surface area (Å²) < 4.78 is 0. The van der Waals surface area contributed by atoms with Crippen LogP contribution < -0.4 is 87.4 Å². The van der Waals surface area contributed by atoms with Gasteiger partial charge in [-0.25, -0.2) is 0 Å². The Bertz CT molecular complexity index is 1920. The van der Waals surface area contributed by atoms with Crippen LogP contribution in [0.1, 0.15) is 0 Å². The minimum absolute atomic E-state index is 0.000367. The van der Waals surface area contributed by atoms with Gasteiger partial charge in [-0.3, -0.25) is 0 Å². The highest BCUT2D eigenvalue weighted by Crippen LogP contribution is 2.33. The van der Waals surface area contributed by atoms with Gasteiger partial charge in [-0.2, -0.15) is 0 Å². The van der Waals surface area contributed by atoms with E-state index in [-0.39, 0.29) is 131 Å². The van der Waals surface area contributed by atoms with Crippen LogP contribution in [0.2, 0.25) is 0 Å². The first-order valence-corrected chi connectivity index (χ1v) is 11.6. The Balaban J connectivity index is 2.33. The molecule has 40 heavy (non-hydrogen) atoms. The zero-order valence-corrected chi connectivity index (χ0v) is 21.2. The summed E-state index contributed by atoms with van der Waals surface area (Å²) in [6, 6.07) is 0. The van der Waals surface area contributed by atoms with Crippen LogP contribution >= 0.6 is 0 Å². The topological polar surface area (TPSA) is 0 Å². The van der Waals surface area contributed by atoms with Crippen molar-refractivity contribution >= 4 is 245 Å². The molecule has 5 aromatic rings. The number of hydrogen-bond acceptors (Lipinski definition) is 0. The highest BCUT2D eigenvalue weighted by Gasteiger charge is 2.26. The van der Waals surface area contributed by atoms with Gasteiger partial charge in [0.25, 0.3) is 0 Å². The van der Waals surface area contributed by atoms with Crippen molar-refractivity contribution in [3.8, 4) is 11.1 Å². The number of benzene rings is 5. The average Bonchev–Trinajstić information content (AvgIpc) is 2.92. The van der Waals surface area contributed by atoms with Gasteiger partial charge in [0.1, 0.15) is 126 Å².